The lowest BCUT2D eigenvalue weighted by Crippen LogP contribution is -2.68. The molecule has 2 heterocycles. The van der Waals surface area contributed by atoms with E-state index in [1.54, 1.807) is 6.92 Å². The van der Waals surface area contributed by atoms with E-state index in [2.05, 4.69) is 10.6 Å². The number of rotatable bonds is 13. The smallest absolute Gasteiger partial charge is 0.249 e. The Kier molecular flexibility index (Phi) is 13.3. The summed E-state index contributed by atoms with van der Waals surface area (Å²) in [6, 6.07) is -2.25. The Bertz CT molecular complexity index is 844. The quantitative estimate of drug-likeness (QED) is 0.0932. The zero-order valence-corrected chi connectivity index (χ0v) is 24.3. The fourth-order valence-electron chi connectivity index (χ4n) is 5.45. The van der Waals surface area contributed by atoms with Gasteiger partial charge in [0.25, 0.3) is 0 Å². The molecular formula is C26H51N5O11. The number of carbonyl (C=O) groups excluding carboxylic acids is 1. The molecule has 2 aliphatic heterocycles. The molecule has 0 radical (unpaired) electrons. The second-order valence-corrected chi connectivity index (χ2v) is 12.0. The van der Waals surface area contributed by atoms with Crippen molar-refractivity contribution in [2.24, 2.45) is 23.1 Å². The Labute approximate surface area is 245 Å². The minimum absolute atomic E-state index is 0.0212. The van der Waals surface area contributed by atoms with E-state index < -0.39 is 84.8 Å². The van der Waals surface area contributed by atoms with Gasteiger partial charge in [-0.3, -0.25) is 4.79 Å². The van der Waals surface area contributed by atoms with Gasteiger partial charge in [0.1, 0.15) is 30.5 Å². The van der Waals surface area contributed by atoms with Gasteiger partial charge in [0.15, 0.2) is 12.6 Å². The van der Waals surface area contributed by atoms with Gasteiger partial charge >= 0.3 is 0 Å². The van der Waals surface area contributed by atoms with Gasteiger partial charge in [0.2, 0.25) is 5.91 Å². The van der Waals surface area contributed by atoms with Gasteiger partial charge in [-0.15, -0.1) is 0 Å². The fourth-order valence-corrected chi connectivity index (χ4v) is 5.45. The summed E-state index contributed by atoms with van der Waals surface area (Å²) in [7, 11) is 0. The van der Waals surface area contributed by atoms with E-state index >= 15 is 0 Å². The molecule has 14 atom stereocenters. The van der Waals surface area contributed by atoms with Crippen LogP contribution in [0.4, 0.5) is 0 Å². The molecule has 16 heteroatoms. The second kappa shape index (κ2) is 15.8. The van der Waals surface area contributed by atoms with Crippen LogP contribution in [0.3, 0.4) is 0 Å². The molecule has 14 N–H and O–H groups in total. The number of ether oxygens (including phenoxy) is 4. The van der Waals surface area contributed by atoms with Crippen LogP contribution >= 0.6 is 0 Å². The third-order valence-corrected chi connectivity index (χ3v) is 8.44. The number of amides is 1. The average molecular weight is 610 g/mol. The SMILES string of the molecule is C[C@@H]1C(O)[C@@H](OC2C(O)C(O[C@H]3O[C@H](CNCC(O)CO)CCC3N)[C@@H](N)C[C@H]2NC(=O)[C@@H](O)CCN)OCC1(C)O. The molecule has 0 aromatic heterocycles. The van der Waals surface area contributed by atoms with Crippen LogP contribution in [0, 0.1) is 5.92 Å². The molecule has 1 amide bonds. The predicted molar refractivity (Wildman–Crippen MR) is 147 cm³/mol. The van der Waals surface area contributed by atoms with Crippen molar-refractivity contribution in [3.8, 4) is 0 Å². The summed E-state index contributed by atoms with van der Waals surface area (Å²) >= 11 is 0. The van der Waals surface area contributed by atoms with Crippen molar-refractivity contribution < 1.29 is 54.4 Å². The first-order valence-corrected chi connectivity index (χ1v) is 14.6. The Morgan fingerprint density at radius 2 is 1.79 bits per heavy atom. The van der Waals surface area contributed by atoms with Crippen molar-refractivity contribution in [2.45, 2.75) is 119 Å². The number of hydrogen-bond donors (Lipinski definition) is 11. The average Bonchev–Trinajstić information content (AvgIpc) is 2.94. The van der Waals surface area contributed by atoms with Gasteiger partial charge in [-0.1, -0.05) is 6.92 Å². The number of nitrogens with two attached hydrogens (primary N) is 3. The Morgan fingerprint density at radius 1 is 1.10 bits per heavy atom. The van der Waals surface area contributed by atoms with Gasteiger partial charge in [0, 0.05) is 25.0 Å². The van der Waals surface area contributed by atoms with Gasteiger partial charge < -0.3 is 77.4 Å². The number of hydrogen-bond acceptors (Lipinski definition) is 15. The number of aliphatic hydroxyl groups is 6. The van der Waals surface area contributed by atoms with E-state index in [0.717, 1.165) is 0 Å². The lowest BCUT2D eigenvalue weighted by atomic mass is 9.82. The summed E-state index contributed by atoms with van der Waals surface area (Å²) < 4.78 is 23.8. The predicted octanol–water partition coefficient (Wildman–Crippen LogP) is -5.08. The molecule has 0 bridgehead atoms. The monoisotopic (exact) mass is 609 g/mol. The molecule has 1 aliphatic carbocycles. The molecule has 42 heavy (non-hydrogen) atoms. The standard InChI is InChI=1S/C26H51N5O11/c1-12-19(35)25(39-11-26(12,2)38)42-22-17(31-23(37)18(34)5-6-27)7-16(29)21(20(22)36)41-24-15(28)4-3-14(40-24)9-30-8-13(33)10-32/h12-22,24-25,30,32-36,38H,3-11,27-29H2,1-2H3,(H,31,37)/t12-,13?,14+,15?,16+,17-,18+,19?,20?,21?,22?,24-,25-,26?/m1/s1. The van der Waals surface area contributed by atoms with Crippen LogP contribution in [-0.2, 0) is 23.7 Å². The van der Waals surface area contributed by atoms with E-state index in [0.29, 0.717) is 19.4 Å². The maximum atomic E-state index is 12.7. The fraction of sp³-hybridized carbons (Fsp3) is 0.962. The highest BCUT2D eigenvalue weighted by Crippen LogP contribution is 2.34. The zero-order chi connectivity index (χ0) is 31.2. The first kappa shape index (κ1) is 35.4. The van der Waals surface area contributed by atoms with Crippen LogP contribution in [-0.4, -0.2) is 148 Å². The summed E-state index contributed by atoms with van der Waals surface area (Å²) in [5.74, 6) is -1.36. The summed E-state index contributed by atoms with van der Waals surface area (Å²) in [6.45, 7) is 3.29. The van der Waals surface area contributed by atoms with Crippen molar-refractivity contribution in [3.05, 3.63) is 0 Å². The van der Waals surface area contributed by atoms with Crippen LogP contribution in [0.1, 0.15) is 39.5 Å². The molecule has 1 saturated carbocycles. The molecule has 0 aromatic carbocycles. The van der Waals surface area contributed by atoms with Crippen molar-refractivity contribution in [1.29, 1.82) is 0 Å². The molecule has 2 saturated heterocycles. The first-order chi connectivity index (χ1) is 19.8. The third kappa shape index (κ3) is 8.98. The lowest BCUT2D eigenvalue weighted by molar-refractivity contribution is -0.314. The molecular weight excluding hydrogens is 558 g/mol. The third-order valence-electron chi connectivity index (χ3n) is 8.44. The van der Waals surface area contributed by atoms with Crippen molar-refractivity contribution in [3.63, 3.8) is 0 Å². The molecule has 7 unspecified atom stereocenters. The molecule has 16 nitrogen and oxygen atoms in total. The highest BCUT2D eigenvalue weighted by molar-refractivity contribution is 5.80. The van der Waals surface area contributed by atoms with E-state index in [4.69, 9.17) is 41.3 Å². The first-order valence-electron chi connectivity index (χ1n) is 14.6. The molecule has 3 rings (SSSR count). The normalized spacial score (nSPS) is 42.6. The molecule has 0 spiro atoms. The van der Waals surface area contributed by atoms with E-state index in [1.165, 1.54) is 6.92 Å². The molecule has 3 fully saturated rings. The minimum Gasteiger partial charge on any atom is -0.394 e. The van der Waals surface area contributed by atoms with Crippen LogP contribution in [0.2, 0.25) is 0 Å². The van der Waals surface area contributed by atoms with Crippen LogP contribution < -0.4 is 27.8 Å². The van der Waals surface area contributed by atoms with Crippen molar-refractivity contribution in [2.75, 3.05) is 32.8 Å². The van der Waals surface area contributed by atoms with E-state index in [1.807, 2.05) is 0 Å². The van der Waals surface area contributed by atoms with Crippen LogP contribution in [0.15, 0.2) is 0 Å². The topological polar surface area (TPSA) is 277 Å². The van der Waals surface area contributed by atoms with Gasteiger partial charge in [0.05, 0.1) is 43.1 Å². The second-order valence-electron chi connectivity index (χ2n) is 12.0. The minimum atomic E-state index is -1.45. The van der Waals surface area contributed by atoms with E-state index in [-0.39, 0.29) is 45.2 Å². The van der Waals surface area contributed by atoms with Gasteiger partial charge in [-0.2, -0.15) is 0 Å². The van der Waals surface area contributed by atoms with Crippen molar-refractivity contribution >= 4 is 5.91 Å². The largest absolute Gasteiger partial charge is 0.394 e. The Balaban J connectivity index is 1.74. The maximum Gasteiger partial charge on any atom is 0.249 e. The summed E-state index contributed by atoms with van der Waals surface area (Å²) in [6.07, 6.45) is -8.51. The summed E-state index contributed by atoms with van der Waals surface area (Å²) in [5, 5.41) is 67.2. The Morgan fingerprint density at radius 3 is 2.45 bits per heavy atom. The highest BCUT2D eigenvalue weighted by atomic mass is 16.7. The summed E-state index contributed by atoms with van der Waals surface area (Å²) in [5.41, 5.74) is 16.9. The number of aliphatic hydroxyl groups excluding tert-OH is 5. The molecule has 3 aliphatic rings. The van der Waals surface area contributed by atoms with Gasteiger partial charge in [-0.05, 0) is 39.2 Å². The molecule has 246 valence electrons. The van der Waals surface area contributed by atoms with Crippen LogP contribution in [0.25, 0.3) is 0 Å². The zero-order valence-electron chi connectivity index (χ0n) is 24.3. The Hall–Kier alpha value is -1.09. The van der Waals surface area contributed by atoms with Crippen LogP contribution in [0.5, 0.6) is 0 Å². The number of nitrogens with one attached hydrogen (secondary N) is 2. The summed E-state index contributed by atoms with van der Waals surface area (Å²) in [4.78, 5) is 12.7. The van der Waals surface area contributed by atoms with E-state index in [9.17, 15) is 30.3 Å². The maximum absolute atomic E-state index is 12.7. The lowest BCUT2D eigenvalue weighted by Gasteiger charge is -2.48. The van der Waals surface area contributed by atoms with Gasteiger partial charge in [-0.25, -0.2) is 0 Å². The molecule has 0 aromatic rings. The van der Waals surface area contributed by atoms with Crippen molar-refractivity contribution in [1.82, 2.24) is 10.6 Å². The number of carbonyl (C=O) groups is 1. The highest BCUT2D eigenvalue weighted by Gasteiger charge is 2.51.